The van der Waals surface area contributed by atoms with E-state index in [-0.39, 0.29) is 24.0 Å². The molecule has 0 aromatic carbocycles. The molecule has 0 unspecified atom stereocenters. The molecule has 1 spiro atoms. The Morgan fingerprint density at radius 3 is 3.00 bits per heavy atom. The van der Waals surface area contributed by atoms with Crippen molar-refractivity contribution in [3.63, 3.8) is 0 Å². The zero-order valence-corrected chi connectivity index (χ0v) is 12.2. The lowest BCUT2D eigenvalue weighted by Gasteiger charge is -2.26. The minimum atomic E-state index is -0.609. The van der Waals surface area contributed by atoms with Crippen LogP contribution in [0.3, 0.4) is 0 Å². The SMILES string of the molecule is CCOC(=O)[C@@H]1[C@@H]2C=C[C@]3(CN([C@@H](C)CC)C(=O)[C@H]13)O2. The second-order valence-corrected chi connectivity index (χ2v) is 5.88. The van der Waals surface area contributed by atoms with Crippen LogP contribution >= 0.6 is 0 Å². The van der Waals surface area contributed by atoms with Crippen molar-refractivity contribution >= 4 is 11.9 Å². The number of hydrogen-bond donors (Lipinski definition) is 0. The van der Waals surface area contributed by atoms with E-state index in [4.69, 9.17) is 9.47 Å². The van der Waals surface area contributed by atoms with Crippen molar-refractivity contribution < 1.29 is 19.1 Å². The number of amides is 1. The van der Waals surface area contributed by atoms with Crippen molar-refractivity contribution in [3.8, 4) is 0 Å². The molecule has 20 heavy (non-hydrogen) atoms. The van der Waals surface area contributed by atoms with Crippen LogP contribution in [0.4, 0.5) is 0 Å². The summed E-state index contributed by atoms with van der Waals surface area (Å²) < 4.78 is 11.1. The topological polar surface area (TPSA) is 55.8 Å². The van der Waals surface area contributed by atoms with Gasteiger partial charge in [0.1, 0.15) is 11.5 Å². The lowest BCUT2D eigenvalue weighted by atomic mass is 9.77. The van der Waals surface area contributed by atoms with E-state index in [0.29, 0.717) is 13.2 Å². The Hall–Kier alpha value is -1.36. The average Bonchev–Trinajstić information content (AvgIpc) is 3.06. The van der Waals surface area contributed by atoms with Crippen molar-refractivity contribution in [2.45, 2.75) is 44.9 Å². The van der Waals surface area contributed by atoms with Gasteiger partial charge in [-0.05, 0) is 20.3 Å². The highest BCUT2D eigenvalue weighted by molar-refractivity contribution is 5.91. The van der Waals surface area contributed by atoms with Crippen LogP contribution in [-0.4, -0.2) is 47.7 Å². The molecule has 1 amide bonds. The third kappa shape index (κ3) is 1.65. The van der Waals surface area contributed by atoms with Crippen LogP contribution in [0.5, 0.6) is 0 Å². The van der Waals surface area contributed by atoms with Crippen LogP contribution in [0.2, 0.25) is 0 Å². The third-order valence-electron chi connectivity index (χ3n) is 4.81. The van der Waals surface area contributed by atoms with E-state index in [9.17, 15) is 9.59 Å². The van der Waals surface area contributed by atoms with Crippen LogP contribution in [-0.2, 0) is 19.1 Å². The first-order chi connectivity index (χ1) is 9.54. The van der Waals surface area contributed by atoms with E-state index in [0.717, 1.165) is 6.42 Å². The van der Waals surface area contributed by atoms with Gasteiger partial charge in [0.05, 0.1) is 25.2 Å². The van der Waals surface area contributed by atoms with E-state index in [1.54, 1.807) is 6.92 Å². The van der Waals surface area contributed by atoms with Gasteiger partial charge >= 0.3 is 5.97 Å². The molecule has 0 aliphatic carbocycles. The lowest BCUT2D eigenvalue weighted by Crippen LogP contribution is -2.41. The molecule has 5 heteroatoms. The van der Waals surface area contributed by atoms with E-state index in [1.807, 2.05) is 24.0 Å². The second-order valence-electron chi connectivity index (χ2n) is 5.88. The Morgan fingerprint density at radius 1 is 1.60 bits per heavy atom. The Bertz CT molecular complexity index is 474. The van der Waals surface area contributed by atoms with Gasteiger partial charge in [-0.3, -0.25) is 9.59 Å². The van der Waals surface area contributed by atoms with Gasteiger partial charge in [0.15, 0.2) is 0 Å². The molecule has 0 aromatic rings. The maximum Gasteiger partial charge on any atom is 0.312 e. The summed E-state index contributed by atoms with van der Waals surface area (Å²) in [7, 11) is 0. The normalized spacial score (nSPS) is 39.2. The molecule has 0 radical (unpaired) electrons. The summed E-state index contributed by atoms with van der Waals surface area (Å²) >= 11 is 0. The summed E-state index contributed by atoms with van der Waals surface area (Å²) in [5.74, 6) is -1.18. The molecule has 0 saturated carbocycles. The largest absolute Gasteiger partial charge is 0.466 e. The standard InChI is InChI=1S/C15H21NO4/c1-4-9(3)16-8-15-7-6-10(20-15)11(12(15)13(16)17)14(18)19-5-2/h6-7,9-12H,4-5,8H2,1-3H3/t9-,10-,11+,12-,15+/m0/s1. The van der Waals surface area contributed by atoms with Crippen LogP contribution in [0.25, 0.3) is 0 Å². The fourth-order valence-corrected chi connectivity index (χ4v) is 3.63. The zero-order chi connectivity index (χ0) is 14.5. The number of nitrogens with zero attached hydrogens (tertiary/aromatic N) is 1. The monoisotopic (exact) mass is 279 g/mol. The lowest BCUT2D eigenvalue weighted by molar-refractivity contribution is -0.153. The smallest absolute Gasteiger partial charge is 0.312 e. The first-order valence-electron chi connectivity index (χ1n) is 7.38. The molecule has 3 heterocycles. The zero-order valence-electron chi connectivity index (χ0n) is 12.2. The minimum Gasteiger partial charge on any atom is -0.466 e. The van der Waals surface area contributed by atoms with Gasteiger partial charge in [-0.2, -0.15) is 0 Å². The fraction of sp³-hybridized carbons (Fsp3) is 0.733. The highest BCUT2D eigenvalue weighted by atomic mass is 16.6. The third-order valence-corrected chi connectivity index (χ3v) is 4.81. The van der Waals surface area contributed by atoms with Crippen molar-refractivity contribution in [2.24, 2.45) is 11.8 Å². The predicted octanol–water partition coefficient (Wildman–Crippen LogP) is 1.13. The average molecular weight is 279 g/mol. The number of carbonyl (C=O) groups excluding carboxylic acids is 2. The Balaban J connectivity index is 1.90. The molecule has 5 nitrogen and oxygen atoms in total. The summed E-state index contributed by atoms with van der Waals surface area (Å²) in [6, 6.07) is 0.168. The number of carbonyl (C=O) groups is 2. The summed E-state index contributed by atoms with van der Waals surface area (Å²) in [6.45, 7) is 6.74. The molecule has 3 aliphatic heterocycles. The maximum absolute atomic E-state index is 12.7. The van der Waals surface area contributed by atoms with Gasteiger partial charge in [-0.1, -0.05) is 19.1 Å². The Morgan fingerprint density at radius 2 is 2.35 bits per heavy atom. The van der Waals surface area contributed by atoms with Gasteiger partial charge in [-0.25, -0.2) is 0 Å². The molecule has 3 rings (SSSR count). The molecule has 0 aromatic heterocycles. The van der Waals surface area contributed by atoms with Crippen LogP contribution in [0.1, 0.15) is 27.2 Å². The first-order valence-corrected chi connectivity index (χ1v) is 7.38. The molecule has 0 N–H and O–H groups in total. The number of ether oxygens (including phenoxy) is 2. The van der Waals surface area contributed by atoms with Crippen molar-refractivity contribution in [1.29, 1.82) is 0 Å². The highest BCUT2D eigenvalue weighted by Crippen LogP contribution is 2.52. The number of fused-ring (bicyclic) bond motifs is 1. The molecule has 2 fully saturated rings. The summed E-state index contributed by atoms with van der Waals surface area (Å²) in [5, 5.41) is 0. The Labute approximate surface area is 118 Å². The molecular formula is C15H21NO4. The predicted molar refractivity (Wildman–Crippen MR) is 71.8 cm³/mol. The van der Waals surface area contributed by atoms with Gasteiger partial charge in [-0.15, -0.1) is 0 Å². The van der Waals surface area contributed by atoms with Gasteiger partial charge in [0.2, 0.25) is 5.91 Å². The fourth-order valence-electron chi connectivity index (χ4n) is 3.63. The summed E-state index contributed by atoms with van der Waals surface area (Å²) in [5.41, 5.74) is -0.609. The molecule has 110 valence electrons. The Kier molecular flexibility index (Phi) is 3.12. The number of esters is 1. The number of hydrogen-bond acceptors (Lipinski definition) is 4. The van der Waals surface area contributed by atoms with Gasteiger partial charge in [0.25, 0.3) is 0 Å². The maximum atomic E-state index is 12.7. The quantitative estimate of drug-likeness (QED) is 0.572. The molecule has 5 atom stereocenters. The van der Waals surface area contributed by atoms with Crippen molar-refractivity contribution in [3.05, 3.63) is 12.2 Å². The number of rotatable bonds is 4. The second kappa shape index (κ2) is 4.58. The minimum absolute atomic E-state index is 0.0317. The van der Waals surface area contributed by atoms with Gasteiger partial charge < -0.3 is 14.4 Å². The molecule has 2 bridgehead atoms. The van der Waals surface area contributed by atoms with Gasteiger partial charge in [0, 0.05) is 6.04 Å². The van der Waals surface area contributed by atoms with E-state index in [2.05, 4.69) is 6.92 Å². The van der Waals surface area contributed by atoms with E-state index in [1.165, 1.54) is 0 Å². The van der Waals surface area contributed by atoms with E-state index < -0.39 is 17.4 Å². The first kappa shape index (κ1) is 13.6. The van der Waals surface area contributed by atoms with Crippen LogP contribution < -0.4 is 0 Å². The van der Waals surface area contributed by atoms with Crippen LogP contribution in [0, 0.1) is 11.8 Å². The van der Waals surface area contributed by atoms with E-state index >= 15 is 0 Å². The summed E-state index contributed by atoms with van der Waals surface area (Å²) in [4.78, 5) is 26.7. The number of likely N-dealkylation sites (tertiary alicyclic amines) is 1. The molecule has 3 aliphatic rings. The van der Waals surface area contributed by atoms with Crippen molar-refractivity contribution in [2.75, 3.05) is 13.2 Å². The summed E-state index contributed by atoms with van der Waals surface area (Å²) in [6.07, 6.45) is 4.47. The van der Waals surface area contributed by atoms with Crippen LogP contribution in [0.15, 0.2) is 12.2 Å². The molecule has 2 saturated heterocycles. The highest BCUT2D eigenvalue weighted by Gasteiger charge is 2.67. The molecular weight excluding hydrogens is 258 g/mol. The van der Waals surface area contributed by atoms with Crippen molar-refractivity contribution in [1.82, 2.24) is 4.90 Å².